The maximum absolute atomic E-state index is 10.9. The first kappa shape index (κ1) is 5.03. The standard InChI is InChI=1S/C7H8O2/c8-3-5-1-4-2-6(4)7(5)9/h3-4,6,8H,1-2H2/b5-3-. The van der Waals surface area contributed by atoms with Gasteiger partial charge in [0.25, 0.3) is 0 Å². The van der Waals surface area contributed by atoms with Gasteiger partial charge in [-0.2, -0.15) is 0 Å². The van der Waals surface area contributed by atoms with Crippen molar-refractivity contribution in [2.24, 2.45) is 11.8 Å². The van der Waals surface area contributed by atoms with Crippen molar-refractivity contribution < 1.29 is 9.90 Å². The van der Waals surface area contributed by atoms with E-state index in [4.69, 9.17) is 5.11 Å². The van der Waals surface area contributed by atoms with E-state index >= 15 is 0 Å². The minimum absolute atomic E-state index is 0.183. The smallest absolute Gasteiger partial charge is 0.165 e. The third kappa shape index (κ3) is 0.530. The summed E-state index contributed by atoms with van der Waals surface area (Å²) in [7, 11) is 0. The predicted octanol–water partition coefficient (Wildman–Crippen LogP) is 1.04. The number of hydrogen-bond donors (Lipinski definition) is 1. The summed E-state index contributed by atoms with van der Waals surface area (Å²) in [6.07, 6.45) is 2.85. The van der Waals surface area contributed by atoms with Crippen LogP contribution in [0.3, 0.4) is 0 Å². The SMILES string of the molecule is O=C1/C(=C\O)CC2CC12. The first-order valence-corrected chi connectivity index (χ1v) is 3.20. The lowest BCUT2D eigenvalue weighted by atomic mass is 10.1. The second kappa shape index (κ2) is 1.38. The number of Topliss-reactive ketones (excluding diaryl/α,β-unsaturated/α-hetero) is 1. The van der Waals surface area contributed by atoms with E-state index in [1.807, 2.05) is 0 Å². The van der Waals surface area contributed by atoms with E-state index in [1.54, 1.807) is 0 Å². The van der Waals surface area contributed by atoms with Crippen LogP contribution in [0.4, 0.5) is 0 Å². The molecule has 0 aromatic carbocycles. The van der Waals surface area contributed by atoms with E-state index in [9.17, 15) is 4.79 Å². The van der Waals surface area contributed by atoms with Crippen LogP contribution in [0.2, 0.25) is 0 Å². The molecule has 0 aromatic rings. The monoisotopic (exact) mass is 124 g/mol. The number of carbonyl (C=O) groups is 1. The lowest BCUT2D eigenvalue weighted by Gasteiger charge is -1.91. The first-order valence-electron chi connectivity index (χ1n) is 3.20. The number of rotatable bonds is 0. The van der Waals surface area contributed by atoms with E-state index in [2.05, 4.69) is 0 Å². The van der Waals surface area contributed by atoms with Crippen molar-refractivity contribution in [1.82, 2.24) is 0 Å². The number of hydrogen-bond acceptors (Lipinski definition) is 2. The highest BCUT2D eigenvalue weighted by Crippen LogP contribution is 2.51. The first-order chi connectivity index (χ1) is 4.33. The minimum Gasteiger partial charge on any atom is -0.515 e. The largest absolute Gasteiger partial charge is 0.515 e. The topological polar surface area (TPSA) is 37.3 Å². The Morgan fingerprint density at radius 1 is 1.67 bits per heavy atom. The quantitative estimate of drug-likeness (QED) is 0.387. The van der Waals surface area contributed by atoms with Crippen LogP contribution in [0.5, 0.6) is 0 Å². The Balaban J connectivity index is 2.26. The highest BCUT2D eigenvalue weighted by atomic mass is 16.2. The summed E-state index contributed by atoms with van der Waals surface area (Å²) in [4.78, 5) is 10.9. The third-order valence-electron chi connectivity index (χ3n) is 2.21. The van der Waals surface area contributed by atoms with Crippen molar-refractivity contribution in [3.05, 3.63) is 11.8 Å². The number of aliphatic hydroxyl groups excluding tert-OH is 1. The average molecular weight is 124 g/mol. The Morgan fingerprint density at radius 2 is 2.44 bits per heavy atom. The van der Waals surface area contributed by atoms with Gasteiger partial charge in [0.2, 0.25) is 0 Å². The highest BCUT2D eigenvalue weighted by Gasteiger charge is 2.50. The van der Waals surface area contributed by atoms with Crippen molar-refractivity contribution in [2.75, 3.05) is 0 Å². The molecule has 9 heavy (non-hydrogen) atoms. The van der Waals surface area contributed by atoms with Gasteiger partial charge in [0.05, 0.1) is 6.26 Å². The van der Waals surface area contributed by atoms with Crippen molar-refractivity contribution in [3.63, 3.8) is 0 Å². The van der Waals surface area contributed by atoms with E-state index in [0.29, 0.717) is 17.4 Å². The number of fused-ring (bicyclic) bond motifs is 1. The van der Waals surface area contributed by atoms with E-state index in [0.717, 1.165) is 19.1 Å². The van der Waals surface area contributed by atoms with Crippen molar-refractivity contribution in [1.29, 1.82) is 0 Å². The van der Waals surface area contributed by atoms with Gasteiger partial charge in [-0.3, -0.25) is 4.79 Å². The Bertz CT molecular complexity index is 193. The molecule has 1 N–H and O–H groups in total. The summed E-state index contributed by atoms with van der Waals surface area (Å²) < 4.78 is 0. The highest BCUT2D eigenvalue weighted by molar-refractivity contribution is 6.01. The van der Waals surface area contributed by atoms with Gasteiger partial charge >= 0.3 is 0 Å². The van der Waals surface area contributed by atoms with Gasteiger partial charge in [-0.1, -0.05) is 0 Å². The molecular weight excluding hydrogens is 116 g/mol. The molecule has 0 heterocycles. The van der Waals surface area contributed by atoms with Gasteiger partial charge in [-0.25, -0.2) is 0 Å². The molecule has 2 heteroatoms. The summed E-state index contributed by atoms with van der Waals surface area (Å²) in [6.45, 7) is 0. The molecule has 2 aliphatic carbocycles. The van der Waals surface area contributed by atoms with Crippen LogP contribution in [0.15, 0.2) is 11.8 Å². The second-order valence-corrected chi connectivity index (χ2v) is 2.82. The lowest BCUT2D eigenvalue weighted by Crippen LogP contribution is -1.97. The molecule has 2 rings (SSSR count). The molecule has 0 aromatic heterocycles. The van der Waals surface area contributed by atoms with Gasteiger partial charge in [0, 0.05) is 11.5 Å². The summed E-state index contributed by atoms with van der Waals surface area (Å²) in [5.41, 5.74) is 0.635. The fourth-order valence-electron chi connectivity index (χ4n) is 1.53. The van der Waals surface area contributed by atoms with E-state index < -0.39 is 0 Å². The number of carbonyl (C=O) groups excluding carboxylic acids is 1. The molecule has 48 valence electrons. The molecule has 0 saturated heterocycles. The molecule has 2 nitrogen and oxygen atoms in total. The van der Waals surface area contributed by atoms with Crippen LogP contribution >= 0.6 is 0 Å². The summed E-state index contributed by atoms with van der Waals surface area (Å²) in [6, 6.07) is 0. The Labute approximate surface area is 53.2 Å². The summed E-state index contributed by atoms with van der Waals surface area (Å²) in [5.74, 6) is 1.07. The molecule has 2 unspecified atom stereocenters. The van der Waals surface area contributed by atoms with Crippen molar-refractivity contribution >= 4 is 5.78 Å². The van der Waals surface area contributed by atoms with Crippen LogP contribution < -0.4 is 0 Å². The third-order valence-corrected chi connectivity index (χ3v) is 2.21. The lowest BCUT2D eigenvalue weighted by molar-refractivity contribution is -0.116. The normalized spacial score (nSPS) is 43.6. The molecule has 0 bridgehead atoms. The second-order valence-electron chi connectivity index (χ2n) is 2.82. The Morgan fingerprint density at radius 3 is 2.78 bits per heavy atom. The molecule has 0 radical (unpaired) electrons. The van der Waals surface area contributed by atoms with Crippen LogP contribution in [-0.4, -0.2) is 10.9 Å². The van der Waals surface area contributed by atoms with Gasteiger partial charge in [0.15, 0.2) is 5.78 Å². The number of ketones is 1. The Hall–Kier alpha value is -0.790. The number of allylic oxidation sites excluding steroid dienone is 1. The molecule has 0 amide bonds. The predicted molar refractivity (Wildman–Crippen MR) is 31.9 cm³/mol. The van der Waals surface area contributed by atoms with E-state index in [-0.39, 0.29) is 5.78 Å². The molecule has 2 atom stereocenters. The maximum Gasteiger partial charge on any atom is 0.165 e. The van der Waals surface area contributed by atoms with Crippen molar-refractivity contribution in [3.8, 4) is 0 Å². The molecule has 2 fully saturated rings. The van der Waals surface area contributed by atoms with Gasteiger partial charge < -0.3 is 5.11 Å². The zero-order valence-corrected chi connectivity index (χ0v) is 5.00. The van der Waals surface area contributed by atoms with Crippen LogP contribution in [0.25, 0.3) is 0 Å². The average Bonchev–Trinajstić information content (AvgIpc) is 2.55. The fourth-order valence-corrected chi connectivity index (χ4v) is 1.53. The van der Waals surface area contributed by atoms with E-state index in [1.165, 1.54) is 0 Å². The maximum atomic E-state index is 10.9. The van der Waals surface area contributed by atoms with Gasteiger partial charge in [-0.15, -0.1) is 0 Å². The van der Waals surface area contributed by atoms with Crippen LogP contribution in [0, 0.1) is 11.8 Å². The van der Waals surface area contributed by atoms with Gasteiger partial charge in [0.1, 0.15) is 0 Å². The molecule has 0 aliphatic heterocycles. The Kier molecular flexibility index (Phi) is 0.770. The summed E-state index contributed by atoms with van der Waals surface area (Å²) in [5, 5.41) is 8.49. The zero-order chi connectivity index (χ0) is 6.43. The molecular formula is C7H8O2. The minimum atomic E-state index is 0.183. The van der Waals surface area contributed by atoms with Gasteiger partial charge in [-0.05, 0) is 18.8 Å². The zero-order valence-electron chi connectivity index (χ0n) is 5.00. The molecule has 2 aliphatic rings. The van der Waals surface area contributed by atoms with Crippen LogP contribution in [-0.2, 0) is 4.79 Å². The summed E-state index contributed by atoms with van der Waals surface area (Å²) >= 11 is 0. The molecule has 2 saturated carbocycles. The number of aliphatic hydroxyl groups is 1. The van der Waals surface area contributed by atoms with Crippen LogP contribution in [0.1, 0.15) is 12.8 Å². The van der Waals surface area contributed by atoms with Crippen molar-refractivity contribution in [2.45, 2.75) is 12.8 Å². The fraction of sp³-hybridized carbons (Fsp3) is 0.571. The molecule has 0 spiro atoms.